The molecule has 0 radical (unpaired) electrons. The number of aromatic nitrogens is 2. The lowest BCUT2D eigenvalue weighted by atomic mass is 9.89. The molecule has 1 aromatic heterocycles. The molecule has 2 aromatic rings. The summed E-state index contributed by atoms with van der Waals surface area (Å²) in [5.41, 5.74) is 1.76. The second-order valence-corrected chi connectivity index (χ2v) is 6.50. The van der Waals surface area contributed by atoms with E-state index in [4.69, 9.17) is 0 Å². The van der Waals surface area contributed by atoms with Crippen LogP contribution in [0.2, 0.25) is 0 Å². The number of Topliss-reactive ketones (excluding diaryl/α,β-unsaturated/α-hetero) is 1. The van der Waals surface area contributed by atoms with Crippen LogP contribution in [0.1, 0.15) is 68.1 Å². The molecule has 0 spiro atoms. The van der Waals surface area contributed by atoms with Crippen molar-refractivity contribution >= 4 is 16.8 Å². The molecule has 1 heterocycles. The summed E-state index contributed by atoms with van der Waals surface area (Å²) in [6.45, 7) is 0. The summed E-state index contributed by atoms with van der Waals surface area (Å²) in [6, 6.07) is 5.48. The maximum absolute atomic E-state index is 12.7. The first-order valence-corrected chi connectivity index (χ1v) is 8.48. The van der Waals surface area contributed by atoms with Gasteiger partial charge in [0.25, 0.3) is 0 Å². The van der Waals surface area contributed by atoms with Crippen molar-refractivity contribution in [3.8, 4) is 0 Å². The number of benzene rings is 1. The number of H-pyrrole nitrogens is 2. The van der Waals surface area contributed by atoms with Crippen molar-refractivity contribution in [2.24, 2.45) is 5.92 Å². The number of ketones is 1. The molecule has 118 valence electrons. The van der Waals surface area contributed by atoms with Gasteiger partial charge >= 0.3 is 5.69 Å². The number of carbonyl (C=O) groups excluding carboxylic acids is 1. The van der Waals surface area contributed by atoms with Crippen LogP contribution < -0.4 is 5.69 Å². The largest absolute Gasteiger partial charge is 0.323 e. The van der Waals surface area contributed by atoms with Gasteiger partial charge in [-0.1, -0.05) is 57.4 Å². The lowest BCUT2D eigenvalue weighted by Gasteiger charge is -2.15. The summed E-state index contributed by atoms with van der Waals surface area (Å²) < 4.78 is 0. The standard InChI is InChI=1S/C18H24N2O2/c21-16(12-13-8-5-3-1-2-4-6-9-13)14-10-7-11-15-17(14)20-18(22)19-15/h7,10-11,13H,1-6,8-9,12H2,(H2,19,20,22). The van der Waals surface area contributed by atoms with Crippen molar-refractivity contribution in [2.45, 2.75) is 57.8 Å². The van der Waals surface area contributed by atoms with Gasteiger partial charge in [0, 0.05) is 12.0 Å². The molecule has 3 rings (SSSR count). The molecule has 0 unspecified atom stereocenters. The Hall–Kier alpha value is -1.84. The minimum absolute atomic E-state index is 0.157. The van der Waals surface area contributed by atoms with E-state index in [1.165, 1.54) is 38.5 Å². The molecule has 4 heteroatoms. The Balaban J connectivity index is 1.75. The van der Waals surface area contributed by atoms with Crippen LogP contribution in [0.5, 0.6) is 0 Å². The molecule has 4 nitrogen and oxygen atoms in total. The number of hydrogen-bond donors (Lipinski definition) is 2. The maximum Gasteiger partial charge on any atom is 0.323 e. The van der Waals surface area contributed by atoms with Crippen molar-refractivity contribution in [2.75, 3.05) is 0 Å². The monoisotopic (exact) mass is 300 g/mol. The molecule has 1 saturated carbocycles. The van der Waals surface area contributed by atoms with Crippen LogP contribution in [0, 0.1) is 5.92 Å². The SMILES string of the molecule is O=C(CC1CCCCCCCC1)c1cccc2[nH]c(=O)[nH]c12. The zero-order valence-electron chi connectivity index (χ0n) is 13.0. The van der Waals surface area contributed by atoms with Gasteiger partial charge < -0.3 is 9.97 Å². The summed E-state index contributed by atoms with van der Waals surface area (Å²) in [5.74, 6) is 0.650. The summed E-state index contributed by atoms with van der Waals surface area (Å²) in [6.07, 6.45) is 10.7. The van der Waals surface area contributed by atoms with E-state index in [1.54, 1.807) is 0 Å². The van der Waals surface area contributed by atoms with Crippen LogP contribution in [0.25, 0.3) is 11.0 Å². The highest BCUT2D eigenvalue weighted by Gasteiger charge is 2.18. The van der Waals surface area contributed by atoms with Gasteiger partial charge in [-0.2, -0.15) is 0 Å². The number of carbonyl (C=O) groups is 1. The van der Waals surface area contributed by atoms with E-state index in [0.717, 1.165) is 12.8 Å². The first kappa shape index (κ1) is 15.1. The first-order valence-electron chi connectivity index (χ1n) is 8.48. The van der Waals surface area contributed by atoms with Crippen molar-refractivity contribution in [3.05, 3.63) is 34.2 Å². The molecule has 1 aromatic carbocycles. The molecule has 0 atom stereocenters. The number of imidazole rings is 1. The Morgan fingerprint density at radius 3 is 2.41 bits per heavy atom. The zero-order chi connectivity index (χ0) is 15.4. The quantitative estimate of drug-likeness (QED) is 0.835. The van der Waals surface area contributed by atoms with Crippen LogP contribution in [0.3, 0.4) is 0 Å². The molecule has 2 N–H and O–H groups in total. The first-order chi connectivity index (χ1) is 10.7. The van der Waals surface area contributed by atoms with Crippen LogP contribution in [-0.4, -0.2) is 15.8 Å². The topological polar surface area (TPSA) is 65.7 Å². The van der Waals surface area contributed by atoms with Gasteiger partial charge in [0.15, 0.2) is 5.78 Å². The highest BCUT2D eigenvalue weighted by Crippen LogP contribution is 2.26. The van der Waals surface area contributed by atoms with E-state index in [1.807, 2.05) is 18.2 Å². The average molecular weight is 300 g/mol. The van der Waals surface area contributed by atoms with Gasteiger partial charge in [-0.25, -0.2) is 4.79 Å². The fourth-order valence-corrected chi connectivity index (χ4v) is 3.58. The van der Waals surface area contributed by atoms with E-state index in [9.17, 15) is 9.59 Å². The number of aromatic amines is 2. The normalized spacial score (nSPS) is 17.8. The van der Waals surface area contributed by atoms with E-state index in [2.05, 4.69) is 9.97 Å². The number of fused-ring (bicyclic) bond motifs is 1. The fraction of sp³-hybridized carbons (Fsp3) is 0.556. The summed E-state index contributed by atoms with van der Waals surface area (Å²) in [5, 5.41) is 0. The minimum Gasteiger partial charge on any atom is -0.306 e. The third kappa shape index (κ3) is 3.49. The Kier molecular flexibility index (Phi) is 4.76. The molecule has 0 saturated heterocycles. The van der Waals surface area contributed by atoms with Crippen LogP contribution in [0.4, 0.5) is 0 Å². The Bertz CT molecular complexity index is 688. The third-order valence-electron chi connectivity index (χ3n) is 4.80. The van der Waals surface area contributed by atoms with Crippen LogP contribution >= 0.6 is 0 Å². The Labute approximate surface area is 130 Å². The van der Waals surface area contributed by atoms with Gasteiger partial charge in [-0.15, -0.1) is 0 Å². The van der Waals surface area contributed by atoms with Crippen LogP contribution in [-0.2, 0) is 0 Å². The number of nitrogens with one attached hydrogen (secondary N) is 2. The molecule has 0 bridgehead atoms. The second-order valence-electron chi connectivity index (χ2n) is 6.50. The van der Waals surface area contributed by atoms with Crippen molar-refractivity contribution in [1.29, 1.82) is 0 Å². The average Bonchev–Trinajstić information content (AvgIpc) is 2.93. The molecule has 0 amide bonds. The highest BCUT2D eigenvalue weighted by atomic mass is 16.1. The van der Waals surface area contributed by atoms with E-state index >= 15 is 0 Å². The molecule has 22 heavy (non-hydrogen) atoms. The van der Waals surface area contributed by atoms with E-state index < -0.39 is 0 Å². The summed E-state index contributed by atoms with van der Waals surface area (Å²) >= 11 is 0. The summed E-state index contributed by atoms with van der Waals surface area (Å²) in [4.78, 5) is 29.6. The molecule has 1 aliphatic rings. The minimum atomic E-state index is -0.252. The smallest absolute Gasteiger partial charge is 0.306 e. The van der Waals surface area contributed by atoms with Crippen molar-refractivity contribution in [3.63, 3.8) is 0 Å². The number of rotatable bonds is 3. The van der Waals surface area contributed by atoms with Gasteiger partial charge in [-0.3, -0.25) is 4.79 Å². The predicted octanol–water partition coefficient (Wildman–Crippen LogP) is 4.18. The fourth-order valence-electron chi connectivity index (χ4n) is 3.58. The lowest BCUT2D eigenvalue weighted by Crippen LogP contribution is -2.10. The summed E-state index contributed by atoms with van der Waals surface area (Å²) in [7, 11) is 0. The second kappa shape index (κ2) is 6.95. The molecular formula is C18H24N2O2. The van der Waals surface area contributed by atoms with Crippen molar-refractivity contribution in [1.82, 2.24) is 9.97 Å². The molecule has 1 fully saturated rings. The maximum atomic E-state index is 12.7. The van der Waals surface area contributed by atoms with Gasteiger partial charge in [0.2, 0.25) is 0 Å². The predicted molar refractivity (Wildman–Crippen MR) is 88.3 cm³/mol. The van der Waals surface area contributed by atoms with Crippen molar-refractivity contribution < 1.29 is 4.79 Å². The van der Waals surface area contributed by atoms with Gasteiger partial charge in [-0.05, 0) is 18.1 Å². The number of para-hydroxylation sites is 1. The van der Waals surface area contributed by atoms with Gasteiger partial charge in [0.1, 0.15) is 0 Å². The Morgan fingerprint density at radius 2 is 1.68 bits per heavy atom. The van der Waals surface area contributed by atoms with Gasteiger partial charge in [0.05, 0.1) is 11.0 Å². The van der Waals surface area contributed by atoms with E-state index in [-0.39, 0.29) is 11.5 Å². The molecular weight excluding hydrogens is 276 g/mol. The third-order valence-corrected chi connectivity index (χ3v) is 4.80. The van der Waals surface area contributed by atoms with E-state index in [0.29, 0.717) is 28.9 Å². The Morgan fingerprint density at radius 1 is 1.00 bits per heavy atom. The lowest BCUT2D eigenvalue weighted by molar-refractivity contribution is 0.0957. The highest BCUT2D eigenvalue weighted by molar-refractivity contribution is 6.06. The molecule has 0 aliphatic heterocycles. The van der Waals surface area contributed by atoms with Crippen LogP contribution in [0.15, 0.2) is 23.0 Å². The zero-order valence-corrected chi connectivity index (χ0v) is 13.0. The molecule has 1 aliphatic carbocycles. The number of hydrogen-bond acceptors (Lipinski definition) is 2.